The molecule has 1 aliphatic carbocycles. The smallest absolute Gasteiger partial charge is 0.251 e. The van der Waals surface area contributed by atoms with Crippen molar-refractivity contribution in [3.8, 4) is 16.9 Å². The Hall–Kier alpha value is -3.00. The fraction of sp³-hybridized carbons (Fsp3) is 0.367. The van der Waals surface area contributed by atoms with Gasteiger partial charge in [-0.2, -0.15) is 0 Å². The minimum Gasteiger partial charge on any atom is -0.480 e. The summed E-state index contributed by atoms with van der Waals surface area (Å²) in [5.74, 6) is -1.89. The molecule has 0 bridgehead atoms. The van der Waals surface area contributed by atoms with Gasteiger partial charge in [0.15, 0.2) is 5.60 Å². The summed E-state index contributed by atoms with van der Waals surface area (Å²) >= 11 is 6.62. The third-order valence-corrected chi connectivity index (χ3v) is 8.78. The van der Waals surface area contributed by atoms with E-state index in [-0.39, 0.29) is 39.4 Å². The zero-order chi connectivity index (χ0) is 26.8. The van der Waals surface area contributed by atoms with E-state index in [1.165, 1.54) is 19.2 Å². The third kappa shape index (κ3) is 3.67. The molecule has 2 aliphatic heterocycles. The number of aliphatic hydroxyl groups excluding tert-OH is 1. The zero-order valence-electron chi connectivity index (χ0n) is 21.2. The number of halogens is 3. The van der Waals surface area contributed by atoms with Crippen molar-refractivity contribution in [2.75, 3.05) is 13.6 Å². The number of fused-ring (bicyclic) bond motifs is 2. The quantitative estimate of drug-likeness (QED) is 0.413. The summed E-state index contributed by atoms with van der Waals surface area (Å²) in [6.45, 7) is 2.66. The molecule has 0 radical (unpaired) electrons. The molecule has 3 aromatic carbocycles. The summed E-state index contributed by atoms with van der Waals surface area (Å²) in [6.07, 6.45) is 1.56. The minimum absolute atomic E-state index is 0.00259. The highest BCUT2D eigenvalue weighted by Crippen LogP contribution is 2.53. The molecule has 0 spiro atoms. The van der Waals surface area contributed by atoms with Gasteiger partial charge >= 0.3 is 0 Å². The number of carbonyl (C=O) groups is 1. The van der Waals surface area contributed by atoms with E-state index >= 15 is 8.78 Å². The van der Waals surface area contributed by atoms with Gasteiger partial charge in [0.25, 0.3) is 5.91 Å². The third-order valence-electron chi connectivity index (χ3n) is 8.41. The van der Waals surface area contributed by atoms with Crippen molar-refractivity contribution in [2.45, 2.75) is 50.4 Å². The Balaban J connectivity index is 1.61. The van der Waals surface area contributed by atoms with E-state index in [9.17, 15) is 9.90 Å². The largest absolute Gasteiger partial charge is 0.480 e. The molecule has 0 unspecified atom stereocenters. The average Bonchev–Trinajstić information content (AvgIpc) is 3.65. The average molecular weight is 539 g/mol. The van der Waals surface area contributed by atoms with Gasteiger partial charge < -0.3 is 20.5 Å². The second-order valence-electron chi connectivity index (χ2n) is 10.6. The molecule has 6 rings (SSSR count). The lowest BCUT2D eigenvalue weighted by atomic mass is 9.80. The summed E-state index contributed by atoms with van der Waals surface area (Å²) in [7, 11) is 1.45. The van der Waals surface area contributed by atoms with Crippen LogP contribution in [-0.2, 0) is 18.4 Å². The van der Waals surface area contributed by atoms with Crippen LogP contribution in [0.3, 0.4) is 0 Å². The number of hydrogen-bond acceptors (Lipinski definition) is 4. The van der Waals surface area contributed by atoms with Crippen molar-refractivity contribution in [2.24, 2.45) is 5.92 Å². The monoisotopic (exact) mass is 538 g/mol. The summed E-state index contributed by atoms with van der Waals surface area (Å²) in [4.78, 5) is 13.1. The molecule has 38 heavy (non-hydrogen) atoms. The summed E-state index contributed by atoms with van der Waals surface area (Å²) in [5.41, 5.74) is 1.42. The van der Waals surface area contributed by atoms with Crippen LogP contribution in [0.4, 0.5) is 8.78 Å². The van der Waals surface area contributed by atoms with Gasteiger partial charge in [-0.3, -0.25) is 4.79 Å². The Morgan fingerprint density at radius 1 is 1.18 bits per heavy atom. The number of amides is 1. The van der Waals surface area contributed by atoms with E-state index < -0.39 is 29.2 Å². The topological polar surface area (TPSA) is 70.6 Å². The molecular weight excluding hydrogens is 510 g/mol. The van der Waals surface area contributed by atoms with Crippen molar-refractivity contribution in [3.63, 3.8) is 0 Å². The maximum Gasteiger partial charge on any atom is 0.251 e. The molecule has 198 valence electrons. The first-order valence-electron chi connectivity index (χ1n) is 13.0. The van der Waals surface area contributed by atoms with Gasteiger partial charge in [0.05, 0.1) is 22.7 Å². The van der Waals surface area contributed by atoms with Crippen LogP contribution in [0.1, 0.15) is 58.5 Å². The zero-order valence-corrected chi connectivity index (χ0v) is 22.0. The Bertz CT molecular complexity index is 1440. The minimum atomic E-state index is -0.895. The SMILES string of the molecule is CNC(=O)c1cc2c(c(F)c1-c1c(Cl)c(F)cc3c1C[C@](c1ccccc1)([C@@H]1CCCN1)O3)C[C@@H](C)[C@H]2O. The Labute approximate surface area is 225 Å². The van der Waals surface area contributed by atoms with E-state index in [1.807, 2.05) is 37.3 Å². The van der Waals surface area contributed by atoms with Gasteiger partial charge in [-0.15, -0.1) is 0 Å². The number of nitrogens with one attached hydrogen (secondary N) is 2. The maximum atomic E-state index is 16.4. The fourth-order valence-electron chi connectivity index (χ4n) is 6.50. The molecule has 3 aromatic rings. The molecule has 1 fully saturated rings. The van der Waals surface area contributed by atoms with E-state index in [2.05, 4.69) is 10.6 Å². The van der Waals surface area contributed by atoms with Crippen molar-refractivity contribution in [1.82, 2.24) is 10.6 Å². The van der Waals surface area contributed by atoms with Crippen molar-refractivity contribution < 1.29 is 23.4 Å². The van der Waals surface area contributed by atoms with Crippen molar-refractivity contribution in [1.29, 1.82) is 0 Å². The maximum absolute atomic E-state index is 16.4. The highest BCUT2D eigenvalue weighted by molar-refractivity contribution is 6.34. The van der Waals surface area contributed by atoms with E-state index in [1.54, 1.807) is 0 Å². The molecular formula is C30H29ClF2N2O3. The summed E-state index contributed by atoms with van der Waals surface area (Å²) < 4.78 is 38.5. The Morgan fingerprint density at radius 3 is 2.63 bits per heavy atom. The lowest BCUT2D eigenvalue weighted by Crippen LogP contribution is -2.48. The molecule has 2 heterocycles. The Morgan fingerprint density at radius 2 is 1.95 bits per heavy atom. The van der Waals surface area contributed by atoms with E-state index in [4.69, 9.17) is 16.3 Å². The number of carbonyl (C=O) groups excluding carboxylic acids is 1. The van der Waals surface area contributed by atoms with Crippen LogP contribution in [0.15, 0.2) is 42.5 Å². The molecule has 8 heteroatoms. The van der Waals surface area contributed by atoms with Crippen LogP contribution < -0.4 is 15.4 Å². The van der Waals surface area contributed by atoms with Crippen LogP contribution in [0.25, 0.3) is 11.1 Å². The highest BCUT2D eigenvalue weighted by Gasteiger charge is 2.50. The molecule has 5 nitrogen and oxygen atoms in total. The standard InChI is InChI=1S/C30H29ClF2N2O3/c1-15-11-17-18(28(15)36)12-19(29(37)34-2)25(27(17)33)24-20-14-30(23-9-6-10-35-23,16-7-4-3-5-8-16)38-22(20)13-21(32)26(24)31/h3-5,7-8,12-13,15,23,28,35-36H,6,9-11,14H2,1-2H3,(H,34,37)/t15-,23+,28-,30+/m1/s1. The molecule has 3 aliphatic rings. The first-order valence-corrected chi connectivity index (χ1v) is 13.4. The highest BCUT2D eigenvalue weighted by atomic mass is 35.5. The van der Waals surface area contributed by atoms with Crippen LogP contribution >= 0.6 is 11.6 Å². The first kappa shape index (κ1) is 25.3. The number of aliphatic hydroxyl groups is 1. The Kier molecular flexibility index (Phi) is 6.21. The number of benzene rings is 3. The first-order chi connectivity index (χ1) is 18.3. The molecule has 1 amide bonds. The number of rotatable bonds is 4. The number of ether oxygens (including phenoxy) is 1. The normalized spacial score (nSPS) is 25.7. The van der Waals surface area contributed by atoms with E-state index in [0.717, 1.165) is 24.9 Å². The van der Waals surface area contributed by atoms with Crippen LogP contribution in [0, 0.1) is 17.6 Å². The van der Waals surface area contributed by atoms with Gasteiger partial charge in [0, 0.05) is 36.2 Å². The van der Waals surface area contributed by atoms with Gasteiger partial charge in [-0.05, 0) is 54.5 Å². The van der Waals surface area contributed by atoms with Crippen LogP contribution in [0.5, 0.6) is 5.75 Å². The predicted octanol–water partition coefficient (Wildman–Crippen LogP) is 5.45. The number of hydrogen-bond donors (Lipinski definition) is 3. The molecule has 4 atom stereocenters. The fourth-order valence-corrected chi connectivity index (χ4v) is 6.77. The second kappa shape index (κ2) is 9.33. The lowest BCUT2D eigenvalue weighted by molar-refractivity contribution is 0.0539. The van der Waals surface area contributed by atoms with Crippen molar-refractivity contribution in [3.05, 3.63) is 86.9 Å². The summed E-state index contributed by atoms with van der Waals surface area (Å²) in [5, 5.41) is 16.5. The van der Waals surface area contributed by atoms with Gasteiger partial charge in [-0.25, -0.2) is 8.78 Å². The van der Waals surface area contributed by atoms with Gasteiger partial charge in [0.2, 0.25) is 0 Å². The predicted molar refractivity (Wildman–Crippen MR) is 141 cm³/mol. The molecule has 0 saturated carbocycles. The van der Waals surface area contributed by atoms with Gasteiger partial charge in [0.1, 0.15) is 17.4 Å². The lowest BCUT2D eigenvalue weighted by Gasteiger charge is -2.35. The van der Waals surface area contributed by atoms with E-state index in [0.29, 0.717) is 29.5 Å². The van der Waals surface area contributed by atoms with Crippen LogP contribution in [0.2, 0.25) is 5.02 Å². The summed E-state index contributed by atoms with van der Waals surface area (Å²) in [6, 6.07) is 12.5. The van der Waals surface area contributed by atoms with Crippen molar-refractivity contribution >= 4 is 17.5 Å². The second-order valence-corrected chi connectivity index (χ2v) is 11.0. The van der Waals surface area contributed by atoms with Crippen LogP contribution in [-0.4, -0.2) is 30.6 Å². The molecule has 1 saturated heterocycles. The van der Waals surface area contributed by atoms with Gasteiger partial charge in [-0.1, -0.05) is 48.9 Å². The molecule has 3 N–H and O–H groups in total. The molecule has 0 aromatic heterocycles.